The molecule has 0 radical (unpaired) electrons. The summed E-state index contributed by atoms with van der Waals surface area (Å²) in [4.78, 5) is 42.4. The fourth-order valence-electron chi connectivity index (χ4n) is 3.17. The number of aromatic amines is 1. The van der Waals surface area contributed by atoms with Gasteiger partial charge in [-0.3, -0.25) is 14.6 Å². The summed E-state index contributed by atoms with van der Waals surface area (Å²) in [6, 6.07) is 7.92. The van der Waals surface area contributed by atoms with Crippen molar-refractivity contribution in [3.05, 3.63) is 75.6 Å². The van der Waals surface area contributed by atoms with Gasteiger partial charge in [-0.05, 0) is 12.5 Å². The number of aryl methyl sites for hydroxylation is 1. The molecule has 0 unspecified atom stereocenters. The minimum absolute atomic E-state index is 0.0157. The molecule has 1 amide bonds. The van der Waals surface area contributed by atoms with Crippen LogP contribution in [0.5, 0.6) is 0 Å². The summed E-state index contributed by atoms with van der Waals surface area (Å²) in [5.74, 6) is 0.424. The third-order valence-electron chi connectivity index (χ3n) is 4.70. The van der Waals surface area contributed by atoms with Gasteiger partial charge in [0, 0.05) is 25.4 Å². The van der Waals surface area contributed by atoms with Crippen molar-refractivity contribution in [3.63, 3.8) is 0 Å². The van der Waals surface area contributed by atoms with E-state index in [4.69, 9.17) is 0 Å². The normalized spacial score (nSPS) is 13.3. The molecule has 7 heteroatoms. The van der Waals surface area contributed by atoms with Crippen LogP contribution in [0, 0.1) is 6.92 Å². The number of hydrogen-bond donors (Lipinski definition) is 1. The van der Waals surface area contributed by atoms with E-state index in [1.165, 1.54) is 0 Å². The summed E-state index contributed by atoms with van der Waals surface area (Å²) in [5, 5.41) is 0. The maximum Gasteiger partial charge on any atom is 0.256 e. The predicted octanol–water partition coefficient (Wildman–Crippen LogP) is 1.66. The van der Waals surface area contributed by atoms with Crippen molar-refractivity contribution in [2.45, 2.75) is 26.3 Å². The highest BCUT2D eigenvalue weighted by Crippen LogP contribution is 2.18. The third-order valence-corrected chi connectivity index (χ3v) is 4.70. The predicted molar refractivity (Wildman–Crippen MR) is 99.9 cm³/mol. The molecule has 3 aromatic rings. The van der Waals surface area contributed by atoms with Gasteiger partial charge in [-0.2, -0.15) is 0 Å². The van der Waals surface area contributed by atoms with Crippen LogP contribution >= 0.6 is 0 Å². The van der Waals surface area contributed by atoms with Gasteiger partial charge >= 0.3 is 0 Å². The van der Waals surface area contributed by atoms with E-state index in [1.54, 1.807) is 23.5 Å². The Bertz CT molecular complexity index is 1030. The highest BCUT2D eigenvalue weighted by molar-refractivity contribution is 5.79. The largest absolute Gasteiger partial charge is 0.337 e. The van der Waals surface area contributed by atoms with Crippen LogP contribution in [0.1, 0.15) is 22.4 Å². The maximum absolute atomic E-state index is 12.6. The van der Waals surface area contributed by atoms with Gasteiger partial charge in [-0.1, -0.05) is 29.8 Å². The molecule has 1 aliphatic heterocycles. The number of amides is 1. The number of fused-ring (bicyclic) bond motifs is 1. The molecule has 136 valence electrons. The van der Waals surface area contributed by atoms with Crippen LogP contribution in [0.2, 0.25) is 0 Å². The summed E-state index contributed by atoms with van der Waals surface area (Å²) >= 11 is 0. The minimum atomic E-state index is -0.228. The zero-order chi connectivity index (χ0) is 18.8. The average molecular weight is 361 g/mol. The lowest BCUT2D eigenvalue weighted by atomic mass is 10.0. The van der Waals surface area contributed by atoms with E-state index < -0.39 is 0 Å². The Labute approximate surface area is 156 Å². The Hall–Kier alpha value is -3.35. The molecule has 0 aliphatic carbocycles. The molecule has 2 aromatic heterocycles. The first-order chi connectivity index (χ1) is 13.1. The maximum atomic E-state index is 12.6. The first-order valence-electron chi connectivity index (χ1n) is 8.82. The number of H-pyrrole nitrogens is 1. The second-order valence-electron chi connectivity index (χ2n) is 6.66. The Kier molecular flexibility index (Phi) is 4.50. The van der Waals surface area contributed by atoms with Gasteiger partial charge in [0.1, 0.15) is 5.69 Å². The van der Waals surface area contributed by atoms with Gasteiger partial charge in [0.25, 0.3) is 5.56 Å². The highest BCUT2D eigenvalue weighted by Gasteiger charge is 2.25. The Morgan fingerprint density at radius 3 is 2.78 bits per heavy atom. The van der Waals surface area contributed by atoms with Gasteiger partial charge in [0.05, 0.1) is 30.4 Å². The number of carbonyl (C=O) groups is 1. The molecular weight excluding hydrogens is 342 g/mol. The molecule has 27 heavy (non-hydrogen) atoms. The second-order valence-corrected chi connectivity index (χ2v) is 6.66. The monoisotopic (exact) mass is 361 g/mol. The molecule has 0 bridgehead atoms. The molecule has 0 saturated heterocycles. The molecule has 7 nitrogen and oxygen atoms in total. The summed E-state index contributed by atoms with van der Waals surface area (Å²) in [5.41, 5.74) is 3.70. The van der Waals surface area contributed by atoms with Crippen LogP contribution in [0.4, 0.5) is 0 Å². The van der Waals surface area contributed by atoms with Crippen molar-refractivity contribution in [2.24, 2.45) is 0 Å². The molecular formula is C20H19N5O2. The van der Waals surface area contributed by atoms with Gasteiger partial charge in [-0.25, -0.2) is 9.97 Å². The fraction of sp³-hybridized carbons (Fsp3) is 0.250. The van der Waals surface area contributed by atoms with Crippen molar-refractivity contribution >= 4 is 5.91 Å². The molecule has 1 aliphatic rings. The number of aromatic nitrogens is 4. The standard InChI is InChI=1S/C20H19N5O2/c1-13-2-4-14(5-3-13)10-18(26)25-9-6-16-15(12-25)20(27)24-19(23-16)17-11-21-7-8-22-17/h2-5,7-8,11H,6,9-10,12H2,1H3,(H,23,24,27). The van der Waals surface area contributed by atoms with Crippen molar-refractivity contribution in [2.75, 3.05) is 6.54 Å². The first kappa shape index (κ1) is 17.1. The number of hydrogen-bond acceptors (Lipinski definition) is 5. The summed E-state index contributed by atoms with van der Waals surface area (Å²) in [6.07, 6.45) is 5.56. The van der Waals surface area contributed by atoms with Crippen molar-refractivity contribution in [1.82, 2.24) is 24.8 Å². The van der Waals surface area contributed by atoms with Crippen LogP contribution in [0.15, 0.2) is 47.7 Å². The number of rotatable bonds is 3. The molecule has 3 heterocycles. The minimum Gasteiger partial charge on any atom is -0.337 e. The Morgan fingerprint density at radius 2 is 2.04 bits per heavy atom. The van der Waals surface area contributed by atoms with Crippen LogP contribution in [-0.4, -0.2) is 37.3 Å². The van der Waals surface area contributed by atoms with Gasteiger partial charge in [0.2, 0.25) is 5.91 Å². The highest BCUT2D eigenvalue weighted by atomic mass is 16.2. The van der Waals surface area contributed by atoms with Crippen molar-refractivity contribution in [1.29, 1.82) is 0 Å². The zero-order valence-electron chi connectivity index (χ0n) is 15.0. The van der Waals surface area contributed by atoms with Crippen LogP contribution in [0.3, 0.4) is 0 Å². The summed E-state index contributed by atoms with van der Waals surface area (Å²) < 4.78 is 0. The molecule has 0 saturated carbocycles. The number of carbonyl (C=O) groups excluding carboxylic acids is 1. The Balaban J connectivity index is 1.54. The van der Waals surface area contributed by atoms with E-state index in [1.807, 2.05) is 31.2 Å². The van der Waals surface area contributed by atoms with Crippen molar-refractivity contribution < 1.29 is 4.79 Å². The molecule has 0 fully saturated rings. The van der Waals surface area contributed by atoms with E-state index in [9.17, 15) is 9.59 Å². The number of benzene rings is 1. The smallest absolute Gasteiger partial charge is 0.256 e. The van der Waals surface area contributed by atoms with E-state index in [0.717, 1.165) is 16.8 Å². The lowest BCUT2D eigenvalue weighted by Crippen LogP contribution is -2.40. The molecule has 0 atom stereocenters. The van der Waals surface area contributed by atoms with Gasteiger partial charge < -0.3 is 9.88 Å². The lowest BCUT2D eigenvalue weighted by molar-refractivity contribution is -0.131. The zero-order valence-corrected chi connectivity index (χ0v) is 15.0. The molecule has 1 N–H and O–H groups in total. The SMILES string of the molecule is Cc1ccc(CC(=O)N2CCc3nc(-c4cnccn4)[nH]c(=O)c3C2)cc1. The van der Waals surface area contributed by atoms with E-state index in [2.05, 4.69) is 19.9 Å². The Morgan fingerprint density at radius 1 is 1.22 bits per heavy atom. The van der Waals surface area contributed by atoms with E-state index >= 15 is 0 Å². The topological polar surface area (TPSA) is 91.8 Å². The summed E-state index contributed by atoms with van der Waals surface area (Å²) in [6.45, 7) is 2.85. The number of nitrogens with zero attached hydrogens (tertiary/aromatic N) is 4. The van der Waals surface area contributed by atoms with Gasteiger partial charge in [0.15, 0.2) is 5.82 Å². The molecule has 4 rings (SSSR count). The first-order valence-corrected chi connectivity index (χ1v) is 8.82. The van der Waals surface area contributed by atoms with Crippen LogP contribution < -0.4 is 5.56 Å². The quantitative estimate of drug-likeness (QED) is 0.766. The second kappa shape index (κ2) is 7.11. The van der Waals surface area contributed by atoms with Crippen LogP contribution in [0.25, 0.3) is 11.5 Å². The van der Waals surface area contributed by atoms with E-state index in [-0.39, 0.29) is 18.0 Å². The van der Waals surface area contributed by atoms with Crippen LogP contribution in [-0.2, 0) is 24.2 Å². The average Bonchev–Trinajstić information content (AvgIpc) is 2.70. The molecule has 1 aromatic carbocycles. The third kappa shape index (κ3) is 3.62. The van der Waals surface area contributed by atoms with Gasteiger partial charge in [-0.15, -0.1) is 0 Å². The number of nitrogens with one attached hydrogen (secondary N) is 1. The molecule has 0 spiro atoms. The lowest BCUT2D eigenvalue weighted by Gasteiger charge is -2.28. The van der Waals surface area contributed by atoms with E-state index in [0.29, 0.717) is 36.5 Å². The summed E-state index contributed by atoms with van der Waals surface area (Å²) in [7, 11) is 0. The van der Waals surface area contributed by atoms with Crippen molar-refractivity contribution in [3.8, 4) is 11.5 Å². The fourth-order valence-corrected chi connectivity index (χ4v) is 3.17.